The molecule has 0 bridgehead atoms. The molecule has 1 aromatic rings. The van der Waals surface area contributed by atoms with Crippen LogP contribution in [0.3, 0.4) is 0 Å². The Bertz CT molecular complexity index is 784. The first-order chi connectivity index (χ1) is 14.1. The summed E-state index contributed by atoms with van der Waals surface area (Å²) in [6.07, 6.45) is 2.07. The number of carbonyl (C=O) groups is 4. The minimum atomic E-state index is -1.27. The van der Waals surface area contributed by atoms with E-state index in [9.17, 15) is 24.3 Å². The van der Waals surface area contributed by atoms with Crippen molar-refractivity contribution in [2.75, 3.05) is 19.6 Å². The Kier molecular flexibility index (Phi) is 7.90. The molecule has 164 valence electrons. The third kappa shape index (κ3) is 6.26. The summed E-state index contributed by atoms with van der Waals surface area (Å²) in [6, 6.07) is 4.82. The van der Waals surface area contributed by atoms with Crippen molar-refractivity contribution in [3.8, 4) is 5.75 Å². The van der Waals surface area contributed by atoms with Gasteiger partial charge in [-0.3, -0.25) is 14.4 Å². The number of carbonyl (C=O) groups excluding carboxylic acids is 4. The van der Waals surface area contributed by atoms with Crippen molar-refractivity contribution in [1.29, 1.82) is 0 Å². The molecule has 2 rings (SSSR count). The van der Waals surface area contributed by atoms with Crippen LogP contribution in [0.2, 0.25) is 0 Å². The Morgan fingerprint density at radius 2 is 2.00 bits per heavy atom. The summed E-state index contributed by atoms with van der Waals surface area (Å²) >= 11 is 0. The highest BCUT2D eigenvalue weighted by Gasteiger charge is 2.33. The number of nitrogens with zero attached hydrogens (tertiary/aromatic N) is 1. The first-order valence-corrected chi connectivity index (χ1v) is 9.76. The number of primary amides is 1. The van der Waals surface area contributed by atoms with Crippen molar-refractivity contribution in [2.45, 2.75) is 43.8 Å². The number of amides is 3. The van der Waals surface area contributed by atoms with E-state index < -0.39 is 29.4 Å². The van der Waals surface area contributed by atoms with Gasteiger partial charge in [0.1, 0.15) is 23.6 Å². The number of nitrogens with one attached hydrogen (secondary N) is 2. The zero-order valence-corrected chi connectivity index (χ0v) is 17.0. The van der Waals surface area contributed by atoms with Gasteiger partial charge in [-0.1, -0.05) is 12.1 Å². The molecule has 10 heteroatoms. The van der Waals surface area contributed by atoms with Crippen LogP contribution >= 0.6 is 0 Å². The predicted octanol–water partition coefficient (Wildman–Crippen LogP) is -1.60. The van der Waals surface area contributed by atoms with Crippen molar-refractivity contribution in [2.24, 2.45) is 11.5 Å². The fourth-order valence-corrected chi connectivity index (χ4v) is 3.36. The third-order valence-electron chi connectivity index (χ3n) is 5.07. The van der Waals surface area contributed by atoms with Gasteiger partial charge in [-0.25, -0.2) is 0 Å². The molecule has 0 radical (unpaired) electrons. The number of nitrogens with two attached hydrogens (primary N) is 2. The highest BCUT2D eigenvalue weighted by atomic mass is 16.3. The van der Waals surface area contributed by atoms with E-state index in [0.717, 1.165) is 5.56 Å². The lowest BCUT2D eigenvalue weighted by Gasteiger charge is -2.28. The zero-order valence-electron chi connectivity index (χ0n) is 17.0. The molecule has 0 saturated carbocycles. The SMILES string of the molecule is CC(C=O)(CNCC(=O)N1CCC[C@H]1C(N)=O)NC(=O)[C@@H](N)Cc1ccc(O)cc1. The van der Waals surface area contributed by atoms with E-state index in [1.807, 2.05) is 0 Å². The number of aldehydes is 1. The topological polar surface area (TPSA) is 168 Å². The Morgan fingerprint density at radius 3 is 2.60 bits per heavy atom. The maximum atomic E-state index is 12.4. The second kappa shape index (κ2) is 10.2. The second-order valence-electron chi connectivity index (χ2n) is 7.75. The number of aromatic hydroxyl groups is 1. The van der Waals surface area contributed by atoms with Gasteiger partial charge in [-0.05, 0) is 43.9 Å². The van der Waals surface area contributed by atoms with Crippen LogP contribution in [0, 0.1) is 0 Å². The first-order valence-electron chi connectivity index (χ1n) is 9.76. The summed E-state index contributed by atoms with van der Waals surface area (Å²) in [7, 11) is 0. The van der Waals surface area contributed by atoms with Crippen LogP contribution in [0.15, 0.2) is 24.3 Å². The largest absolute Gasteiger partial charge is 0.508 e. The summed E-state index contributed by atoms with van der Waals surface area (Å²) in [5.41, 5.74) is 10.8. The van der Waals surface area contributed by atoms with Crippen LogP contribution in [-0.4, -0.2) is 71.3 Å². The lowest BCUT2D eigenvalue weighted by Crippen LogP contribution is -2.58. The summed E-state index contributed by atoms with van der Waals surface area (Å²) in [5.74, 6) is -1.23. The van der Waals surface area contributed by atoms with Gasteiger partial charge in [0.25, 0.3) is 0 Å². The molecular weight excluding hydrogens is 390 g/mol. The number of phenols is 1. The number of rotatable bonds is 10. The molecule has 1 heterocycles. The van der Waals surface area contributed by atoms with Gasteiger partial charge in [0, 0.05) is 13.1 Å². The minimum Gasteiger partial charge on any atom is -0.508 e. The molecule has 7 N–H and O–H groups in total. The van der Waals surface area contributed by atoms with E-state index in [4.69, 9.17) is 11.5 Å². The highest BCUT2D eigenvalue weighted by Crippen LogP contribution is 2.16. The molecule has 1 unspecified atom stereocenters. The summed E-state index contributed by atoms with van der Waals surface area (Å²) in [6.45, 7) is 1.89. The number of likely N-dealkylation sites (tertiary alicyclic amines) is 1. The quantitative estimate of drug-likeness (QED) is 0.285. The molecular formula is C20H29N5O5. The maximum absolute atomic E-state index is 12.4. The standard InChI is InChI=1S/C20H29N5O5/c1-20(12-26,11-23-10-17(28)25-8-2-3-16(25)18(22)29)24-19(30)15(21)9-13-4-6-14(27)7-5-13/h4-7,12,15-16,23,27H,2-3,8-11,21H2,1H3,(H2,22,29)(H,24,30)/t15-,16-,20?/m0/s1. The average molecular weight is 419 g/mol. The van der Waals surface area contributed by atoms with E-state index in [1.165, 1.54) is 24.0 Å². The molecule has 0 aromatic heterocycles. The van der Waals surface area contributed by atoms with Crippen LogP contribution < -0.4 is 22.1 Å². The van der Waals surface area contributed by atoms with Gasteiger partial charge in [0.05, 0.1) is 12.6 Å². The molecule has 1 fully saturated rings. The molecule has 1 aliphatic rings. The maximum Gasteiger partial charge on any atom is 0.240 e. The molecule has 1 saturated heterocycles. The van der Waals surface area contributed by atoms with Crippen LogP contribution in [0.25, 0.3) is 0 Å². The third-order valence-corrected chi connectivity index (χ3v) is 5.07. The van der Waals surface area contributed by atoms with Crippen molar-refractivity contribution >= 4 is 24.0 Å². The Labute approximate surface area is 175 Å². The van der Waals surface area contributed by atoms with Gasteiger partial charge >= 0.3 is 0 Å². The zero-order chi connectivity index (χ0) is 22.3. The van der Waals surface area contributed by atoms with Crippen LogP contribution in [-0.2, 0) is 25.6 Å². The van der Waals surface area contributed by atoms with Crippen molar-refractivity contribution < 1.29 is 24.3 Å². The van der Waals surface area contributed by atoms with Crippen molar-refractivity contribution in [3.05, 3.63) is 29.8 Å². The van der Waals surface area contributed by atoms with Crippen molar-refractivity contribution in [1.82, 2.24) is 15.5 Å². The molecule has 10 nitrogen and oxygen atoms in total. The molecule has 30 heavy (non-hydrogen) atoms. The number of benzene rings is 1. The minimum absolute atomic E-state index is 0.00892. The fraction of sp³-hybridized carbons (Fsp3) is 0.500. The summed E-state index contributed by atoms with van der Waals surface area (Å²) in [4.78, 5) is 49.2. The van der Waals surface area contributed by atoms with Crippen LogP contribution in [0.5, 0.6) is 5.75 Å². The smallest absolute Gasteiger partial charge is 0.240 e. The van der Waals surface area contributed by atoms with E-state index >= 15 is 0 Å². The number of hydrogen-bond acceptors (Lipinski definition) is 7. The van der Waals surface area contributed by atoms with Gasteiger partial charge < -0.3 is 36.9 Å². The van der Waals surface area contributed by atoms with Gasteiger partial charge in [0.15, 0.2) is 0 Å². The highest BCUT2D eigenvalue weighted by molar-refractivity contribution is 5.88. The van der Waals surface area contributed by atoms with E-state index in [1.54, 1.807) is 12.1 Å². The lowest BCUT2D eigenvalue weighted by molar-refractivity contribution is -0.136. The molecule has 3 amide bonds. The summed E-state index contributed by atoms with van der Waals surface area (Å²) in [5, 5.41) is 14.8. The van der Waals surface area contributed by atoms with Crippen LogP contribution in [0.4, 0.5) is 0 Å². The van der Waals surface area contributed by atoms with E-state index in [-0.39, 0.29) is 31.2 Å². The molecule has 0 aliphatic carbocycles. The predicted molar refractivity (Wildman–Crippen MR) is 109 cm³/mol. The lowest BCUT2D eigenvalue weighted by atomic mass is 10.0. The molecule has 1 aliphatic heterocycles. The number of phenolic OH excluding ortho intramolecular Hbond substituents is 1. The van der Waals surface area contributed by atoms with E-state index in [0.29, 0.717) is 25.7 Å². The van der Waals surface area contributed by atoms with Crippen molar-refractivity contribution in [3.63, 3.8) is 0 Å². The summed E-state index contributed by atoms with van der Waals surface area (Å²) < 4.78 is 0. The normalized spacial score (nSPS) is 19.0. The van der Waals surface area contributed by atoms with E-state index in [2.05, 4.69) is 10.6 Å². The molecule has 0 spiro atoms. The average Bonchev–Trinajstić information content (AvgIpc) is 3.20. The second-order valence-corrected chi connectivity index (χ2v) is 7.75. The Hall–Kier alpha value is -2.98. The van der Waals surface area contributed by atoms with Gasteiger partial charge in [0.2, 0.25) is 17.7 Å². The molecule has 1 aromatic carbocycles. The van der Waals surface area contributed by atoms with Gasteiger partial charge in [-0.2, -0.15) is 0 Å². The van der Waals surface area contributed by atoms with Gasteiger partial charge in [-0.15, -0.1) is 0 Å². The Balaban J connectivity index is 1.84. The van der Waals surface area contributed by atoms with Crippen LogP contribution in [0.1, 0.15) is 25.3 Å². The fourth-order valence-electron chi connectivity index (χ4n) is 3.36. The Morgan fingerprint density at radius 1 is 1.33 bits per heavy atom. The molecule has 3 atom stereocenters. The first kappa shape index (κ1) is 23.3. The number of hydrogen-bond donors (Lipinski definition) is 5. The monoisotopic (exact) mass is 419 g/mol.